The summed E-state index contributed by atoms with van der Waals surface area (Å²) in [6.07, 6.45) is 1.64. The second-order valence-corrected chi connectivity index (χ2v) is 3.14. The number of rotatable bonds is 2. The van der Waals surface area contributed by atoms with Crippen LogP contribution in [0, 0.1) is 6.92 Å². The van der Waals surface area contributed by atoms with Gasteiger partial charge in [0, 0.05) is 6.04 Å². The van der Waals surface area contributed by atoms with Gasteiger partial charge < -0.3 is 5.73 Å². The summed E-state index contributed by atoms with van der Waals surface area (Å²) in [5, 5.41) is 4.76. The molecule has 0 unspecified atom stereocenters. The van der Waals surface area contributed by atoms with Crippen LogP contribution in [0.5, 0.6) is 0 Å². The first-order valence-corrected chi connectivity index (χ1v) is 3.92. The van der Waals surface area contributed by atoms with Crippen molar-refractivity contribution >= 4 is 11.6 Å². The van der Waals surface area contributed by atoms with Crippen LogP contribution in [0.15, 0.2) is 6.20 Å². The molecule has 0 saturated carbocycles. The topological polar surface area (TPSA) is 43.8 Å². The molecule has 1 aromatic rings. The van der Waals surface area contributed by atoms with E-state index in [-0.39, 0.29) is 6.04 Å². The summed E-state index contributed by atoms with van der Waals surface area (Å²) >= 11 is 5.79. The van der Waals surface area contributed by atoms with E-state index in [0.29, 0.717) is 5.02 Å². The number of aromatic nitrogens is 2. The van der Waals surface area contributed by atoms with Gasteiger partial charge in [-0.25, -0.2) is 0 Å². The minimum Gasteiger partial charge on any atom is -0.326 e. The van der Waals surface area contributed by atoms with E-state index in [1.54, 1.807) is 6.20 Å². The van der Waals surface area contributed by atoms with Gasteiger partial charge in [-0.15, -0.1) is 0 Å². The molecule has 0 aliphatic carbocycles. The Labute approximate surface area is 71.1 Å². The molecular formula is C7H12ClN3. The smallest absolute Gasteiger partial charge is 0.0814 e. The summed E-state index contributed by atoms with van der Waals surface area (Å²) in [5.74, 6) is 0. The minimum absolute atomic E-state index is 0.115. The van der Waals surface area contributed by atoms with Gasteiger partial charge in [0.25, 0.3) is 0 Å². The van der Waals surface area contributed by atoms with Gasteiger partial charge in [-0.2, -0.15) is 5.10 Å². The molecule has 0 saturated heterocycles. The molecule has 0 spiro atoms. The van der Waals surface area contributed by atoms with Crippen molar-refractivity contribution in [3.05, 3.63) is 16.9 Å². The molecule has 3 nitrogen and oxygen atoms in total. The largest absolute Gasteiger partial charge is 0.326 e. The first-order chi connectivity index (χ1) is 5.11. The average molecular weight is 174 g/mol. The van der Waals surface area contributed by atoms with Crippen LogP contribution in [0.1, 0.15) is 12.6 Å². The Morgan fingerprint density at radius 3 is 2.82 bits per heavy atom. The number of nitrogens with zero attached hydrogens (tertiary/aromatic N) is 2. The second kappa shape index (κ2) is 3.24. The summed E-state index contributed by atoms with van der Waals surface area (Å²) in [4.78, 5) is 0. The molecule has 2 N–H and O–H groups in total. The molecule has 62 valence electrons. The second-order valence-electron chi connectivity index (χ2n) is 2.74. The van der Waals surface area contributed by atoms with Gasteiger partial charge in [0.2, 0.25) is 0 Å². The van der Waals surface area contributed by atoms with Crippen LogP contribution in [-0.2, 0) is 6.54 Å². The molecule has 0 bridgehead atoms. The number of hydrogen-bond acceptors (Lipinski definition) is 2. The van der Waals surface area contributed by atoms with E-state index in [0.717, 1.165) is 12.2 Å². The maximum atomic E-state index is 5.79. The van der Waals surface area contributed by atoms with Gasteiger partial charge in [-0.05, 0) is 13.8 Å². The molecular weight excluding hydrogens is 162 g/mol. The van der Waals surface area contributed by atoms with Crippen molar-refractivity contribution in [2.24, 2.45) is 5.73 Å². The van der Waals surface area contributed by atoms with Gasteiger partial charge in [-0.3, -0.25) is 4.68 Å². The summed E-state index contributed by atoms with van der Waals surface area (Å²) in [5.41, 5.74) is 6.57. The van der Waals surface area contributed by atoms with E-state index in [1.807, 2.05) is 18.5 Å². The molecule has 0 aliphatic rings. The van der Waals surface area contributed by atoms with Crippen LogP contribution in [0.2, 0.25) is 5.02 Å². The molecule has 0 amide bonds. The van der Waals surface area contributed by atoms with Crippen molar-refractivity contribution in [2.45, 2.75) is 26.4 Å². The molecule has 1 aromatic heterocycles. The highest BCUT2D eigenvalue weighted by Crippen LogP contribution is 2.12. The number of halogens is 1. The fourth-order valence-electron chi connectivity index (χ4n) is 0.881. The predicted octanol–water partition coefficient (Wildman–Crippen LogP) is 1.19. The summed E-state index contributed by atoms with van der Waals surface area (Å²) in [6.45, 7) is 4.59. The zero-order chi connectivity index (χ0) is 8.43. The fourth-order valence-corrected chi connectivity index (χ4v) is 1.02. The van der Waals surface area contributed by atoms with Gasteiger partial charge >= 0.3 is 0 Å². The molecule has 0 aliphatic heterocycles. The first-order valence-electron chi connectivity index (χ1n) is 3.54. The lowest BCUT2D eigenvalue weighted by molar-refractivity contribution is 0.528. The van der Waals surface area contributed by atoms with Gasteiger partial charge in [-0.1, -0.05) is 11.6 Å². The third-order valence-electron chi connectivity index (χ3n) is 1.50. The van der Waals surface area contributed by atoms with Crippen molar-refractivity contribution in [3.63, 3.8) is 0 Å². The monoisotopic (exact) mass is 173 g/mol. The van der Waals surface area contributed by atoms with Crippen LogP contribution in [0.3, 0.4) is 0 Å². The molecule has 4 heteroatoms. The van der Waals surface area contributed by atoms with E-state index < -0.39 is 0 Å². The summed E-state index contributed by atoms with van der Waals surface area (Å²) in [7, 11) is 0. The molecule has 0 radical (unpaired) electrons. The summed E-state index contributed by atoms with van der Waals surface area (Å²) in [6, 6.07) is 0.115. The molecule has 0 fully saturated rings. The van der Waals surface area contributed by atoms with E-state index >= 15 is 0 Å². The third-order valence-corrected chi connectivity index (χ3v) is 1.88. The zero-order valence-corrected chi connectivity index (χ0v) is 7.47. The Balaban J connectivity index is 2.79. The Morgan fingerprint density at radius 1 is 1.82 bits per heavy atom. The van der Waals surface area contributed by atoms with E-state index in [4.69, 9.17) is 17.3 Å². The highest BCUT2D eigenvalue weighted by atomic mass is 35.5. The van der Waals surface area contributed by atoms with Crippen LogP contribution >= 0.6 is 11.6 Å². The van der Waals surface area contributed by atoms with Gasteiger partial charge in [0.15, 0.2) is 0 Å². The Kier molecular flexibility index (Phi) is 2.52. The number of hydrogen-bond donors (Lipinski definition) is 1. The molecule has 1 heterocycles. The van der Waals surface area contributed by atoms with Crippen LogP contribution in [0.25, 0.3) is 0 Å². The van der Waals surface area contributed by atoms with Crippen LogP contribution < -0.4 is 5.73 Å². The highest BCUT2D eigenvalue weighted by molar-refractivity contribution is 6.31. The quantitative estimate of drug-likeness (QED) is 0.730. The Bertz CT molecular complexity index is 242. The van der Waals surface area contributed by atoms with E-state index in [2.05, 4.69) is 5.10 Å². The lowest BCUT2D eigenvalue weighted by Crippen LogP contribution is -2.23. The lowest BCUT2D eigenvalue weighted by Gasteiger charge is -2.06. The molecule has 0 aromatic carbocycles. The highest BCUT2D eigenvalue weighted by Gasteiger charge is 2.04. The van der Waals surface area contributed by atoms with Crippen molar-refractivity contribution in [1.82, 2.24) is 9.78 Å². The zero-order valence-electron chi connectivity index (χ0n) is 6.71. The standard InChI is InChI=1S/C7H12ClN3/c1-5(9)4-11-6(2)7(8)3-10-11/h3,5H,4,9H2,1-2H3/t5-/m1/s1. The van der Waals surface area contributed by atoms with Crippen molar-refractivity contribution < 1.29 is 0 Å². The number of nitrogens with two attached hydrogens (primary N) is 1. The molecule has 11 heavy (non-hydrogen) atoms. The molecule has 1 rings (SSSR count). The Hall–Kier alpha value is -0.540. The van der Waals surface area contributed by atoms with Gasteiger partial charge in [0.1, 0.15) is 0 Å². The Morgan fingerprint density at radius 2 is 2.45 bits per heavy atom. The van der Waals surface area contributed by atoms with Crippen LogP contribution in [-0.4, -0.2) is 15.8 Å². The van der Waals surface area contributed by atoms with Crippen molar-refractivity contribution in [2.75, 3.05) is 0 Å². The molecule has 1 atom stereocenters. The average Bonchev–Trinajstić information content (AvgIpc) is 2.18. The van der Waals surface area contributed by atoms with Crippen LogP contribution in [0.4, 0.5) is 0 Å². The SMILES string of the molecule is Cc1c(Cl)cnn1C[C@@H](C)N. The first kappa shape index (κ1) is 8.56. The lowest BCUT2D eigenvalue weighted by atomic mass is 10.3. The maximum absolute atomic E-state index is 5.79. The van der Waals surface area contributed by atoms with Crippen molar-refractivity contribution in [1.29, 1.82) is 0 Å². The van der Waals surface area contributed by atoms with E-state index in [9.17, 15) is 0 Å². The van der Waals surface area contributed by atoms with Gasteiger partial charge in [0.05, 0.1) is 23.5 Å². The predicted molar refractivity (Wildman–Crippen MR) is 45.6 cm³/mol. The summed E-state index contributed by atoms with van der Waals surface area (Å²) < 4.78 is 1.81. The third kappa shape index (κ3) is 1.94. The fraction of sp³-hybridized carbons (Fsp3) is 0.571. The maximum Gasteiger partial charge on any atom is 0.0814 e. The van der Waals surface area contributed by atoms with E-state index in [1.165, 1.54) is 0 Å². The minimum atomic E-state index is 0.115. The van der Waals surface area contributed by atoms with Crippen molar-refractivity contribution in [3.8, 4) is 0 Å². The normalized spacial score (nSPS) is 13.5.